The number of hydrogen-bond donors (Lipinski definition) is 2. The van der Waals surface area contributed by atoms with E-state index in [4.69, 9.17) is 16.3 Å². The van der Waals surface area contributed by atoms with Crippen molar-refractivity contribution in [3.8, 4) is 5.75 Å². The van der Waals surface area contributed by atoms with E-state index in [2.05, 4.69) is 10.6 Å². The zero-order valence-electron chi connectivity index (χ0n) is 15.2. The summed E-state index contributed by atoms with van der Waals surface area (Å²) < 4.78 is 5.12. The van der Waals surface area contributed by atoms with Crippen LogP contribution in [0.4, 0.5) is 5.69 Å². The van der Waals surface area contributed by atoms with Crippen LogP contribution < -0.4 is 15.4 Å². The number of ether oxygens (including phenoxy) is 1. The number of halogens is 1. The Hall–Kier alpha value is -3.31. The quantitative estimate of drug-likeness (QED) is 0.645. The number of carbonyl (C=O) groups is 2. The van der Waals surface area contributed by atoms with Crippen LogP contribution >= 0.6 is 11.6 Å². The van der Waals surface area contributed by atoms with E-state index < -0.39 is 0 Å². The maximum atomic E-state index is 12.6. The SMILES string of the molecule is COc1ccc(CNC(=O)c2ccccc2NC(=O)c2ccc(Cl)cc2)cc1. The fourth-order valence-electron chi connectivity index (χ4n) is 2.61. The smallest absolute Gasteiger partial charge is 0.255 e. The second-order valence-electron chi connectivity index (χ2n) is 6.04. The summed E-state index contributed by atoms with van der Waals surface area (Å²) in [7, 11) is 1.60. The topological polar surface area (TPSA) is 67.4 Å². The Bertz CT molecular complexity index is 970. The van der Waals surface area contributed by atoms with Crippen LogP contribution in [0.5, 0.6) is 5.75 Å². The van der Waals surface area contributed by atoms with Crippen molar-refractivity contribution in [2.75, 3.05) is 12.4 Å². The Balaban J connectivity index is 1.69. The van der Waals surface area contributed by atoms with Gasteiger partial charge in [0.1, 0.15) is 5.75 Å². The van der Waals surface area contributed by atoms with E-state index in [-0.39, 0.29) is 11.8 Å². The average Bonchev–Trinajstić information content (AvgIpc) is 2.73. The van der Waals surface area contributed by atoms with Gasteiger partial charge in [0.15, 0.2) is 0 Å². The number of para-hydroxylation sites is 1. The molecule has 0 atom stereocenters. The highest BCUT2D eigenvalue weighted by molar-refractivity contribution is 6.30. The molecule has 0 aliphatic heterocycles. The third kappa shape index (κ3) is 4.90. The first-order valence-electron chi connectivity index (χ1n) is 8.64. The van der Waals surface area contributed by atoms with Gasteiger partial charge >= 0.3 is 0 Å². The average molecular weight is 395 g/mol. The highest BCUT2D eigenvalue weighted by atomic mass is 35.5. The molecule has 0 bridgehead atoms. The highest BCUT2D eigenvalue weighted by Crippen LogP contribution is 2.18. The van der Waals surface area contributed by atoms with Crippen molar-refractivity contribution in [2.45, 2.75) is 6.54 Å². The summed E-state index contributed by atoms with van der Waals surface area (Å²) in [6, 6.07) is 20.8. The number of hydrogen-bond acceptors (Lipinski definition) is 3. The van der Waals surface area contributed by atoms with E-state index in [1.54, 1.807) is 55.6 Å². The van der Waals surface area contributed by atoms with Crippen molar-refractivity contribution in [3.05, 3.63) is 94.5 Å². The third-order valence-electron chi connectivity index (χ3n) is 4.14. The minimum atomic E-state index is -0.313. The summed E-state index contributed by atoms with van der Waals surface area (Å²) in [6.45, 7) is 0.363. The first-order valence-corrected chi connectivity index (χ1v) is 9.01. The Morgan fingerprint density at radius 1 is 0.893 bits per heavy atom. The van der Waals surface area contributed by atoms with Crippen LogP contribution in [0.15, 0.2) is 72.8 Å². The molecular weight excluding hydrogens is 376 g/mol. The molecule has 5 nitrogen and oxygen atoms in total. The Morgan fingerprint density at radius 2 is 1.57 bits per heavy atom. The number of benzene rings is 3. The van der Waals surface area contributed by atoms with Crippen LogP contribution in [-0.2, 0) is 6.54 Å². The molecule has 0 fully saturated rings. The van der Waals surface area contributed by atoms with Gasteiger partial charge in [0, 0.05) is 17.1 Å². The molecular formula is C22H19ClN2O3. The van der Waals surface area contributed by atoms with Gasteiger partial charge in [-0.05, 0) is 54.1 Å². The number of amides is 2. The Morgan fingerprint density at radius 3 is 2.25 bits per heavy atom. The molecule has 3 rings (SSSR count). The standard InChI is InChI=1S/C22H19ClN2O3/c1-28-18-12-6-15(7-13-18)14-24-22(27)19-4-2-3-5-20(19)25-21(26)16-8-10-17(23)11-9-16/h2-13H,14H2,1H3,(H,24,27)(H,25,26). The third-order valence-corrected chi connectivity index (χ3v) is 4.39. The summed E-state index contributed by atoms with van der Waals surface area (Å²) >= 11 is 5.85. The van der Waals surface area contributed by atoms with Gasteiger partial charge in [-0.25, -0.2) is 0 Å². The highest BCUT2D eigenvalue weighted by Gasteiger charge is 2.14. The van der Waals surface area contributed by atoms with Gasteiger partial charge < -0.3 is 15.4 Å². The van der Waals surface area contributed by atoms with Crippen LogP contribution in [0.25, 0.3) is 0 Å². The molecule has 28 heavy (non-hydrogen) atoms. The van der Waals surface area contributed by atoms with Gasteiger partial charge in [0.2, 0.25) is 0 Å². The maximum absolute atomic E-state index is 12.6. The number of anilines is 1. The maximum Gasteiger partial charge on any atom is 0.255 e. The molecule has 0 saturated carbocycles. The number of rotatable bonds is 6. The van der Waals surface area contributed by atoms with Gasteiger partial charge in [-0.1, -0.05) is 35.9 Å². The first kappa shape index (κ1) is 19.5. The molecule has 3 aromatic rings. The van der Waals surface area contributed by atoms with E-state index in [0.29, 0.717) is 28.4 Å². The zero-order chi connectivity index (χ0) is 19.9. The molecule has 0 aromatic heterocycles. The van der Waals surface area contributed by atoms with Gasteiger partial charge in [-0.15, -0.1) is 0 Å². The summed E-state index contributed by atoms with van der Waals surface area (Å²) in [5.74, 6) is 0.167. The molecule has 0 spiro atoms. The molecule has 2 N–H and O–H groups in total. The lowest BCUT2D eigenvalue weighted by Gasteiger charge is -2.12. The van der Waals surface area contributed by atoms with E-state index in [1.807, 2.05) is 24.3 Å². The van der Waals surface area contributed by atoms with Gasteiger partial charge in [0.05, 0.1) is 18.4 Å². The predicted octanol–water partition coefficient (Wildman–Crippen LogP) is 4.53. The lowest BCUT2D eigenvalue weighted by atomic mass is 10.1. The van der Waals surface area contributed by atoms with Crippen LogP contribution in [0.3, 0.4) is 0 Å². The molecule has 6 heteroatoms. The molecule has 0 heterocycles. The van der Waals surface area contributed by atoms with Crippen molar-refractivity contribution in [3.63, 3.8) is 0 Å². The van der Waals surface area contributed by atoms with Crippen LogP contribution in [0, 0.1) is 0 Å². The fourth-order valence-corrected chi connectivity index (χ4v) is 2.73. The minimum absolute atomic E-state index is 0.275. The number of methoxy groups -OCH3 is 1. The lowest BCUT2D eigenvalue weighted by molar-refractivity contribution is 0.0952. The van der Waals surface area contributed by atoms with Crippen LogP contribution in [0.1, 0.15) is 26.3 Å². The van der Waals surface area contributed by atoms with Crippen LogP contribution in [-0.4, -0.2) is 18.9 Å². The van der Waals surface area contributed by atoms with Crippen molar-refractivity contribution in [1.29, 1.82) is 0 Å². The minimum Gasteiger partial charge on any atom is -0.497 e. The second-order valence-corrected chi connectivity index (χ2v) is 6.47. The fraction of sp³-hybridized carbons (Fsp3) is 0.0909. The molecule has 142 valence electrons. The van der Waals surface area contributed by atoms with Crippen LogP contribution in [0.2, 0.25) is 5.02 Å². The molecule has 3 aromatic carbocycles. The zero-order valence-corrected chi connectivity index (χ0v) is 16.0. The van der Waals surface area contributed by atoms with Gasteiger partial charge in [-0.2, -0.15) is 0 Å². The molecule has 2 amide bonds. The molecule has 0 saturated heterocycles. The predicted molar refractivity (Wildman–Crippen MR) is 110 cm³/mol. The monoisotopic (exact) mass is 394 g/mol. The molecule has 0 radical (unpaired) electrons. The van der Waals surface area contributed by atoms with E-state index in [9.17, 15) is 9.59 Å². The largest absolute Gasteiger partial charge is 0.497 e. The summed E-state index contributed by atoms with van der Waals surface area (Å²) in [5, 5.41) is 6.20. The van der Waals surface area contributed by atoms with Gasteiger partial charge in [-0.3, -0.25) is 9.59 Å². The van der Waals surface area contributed by atoms with E-state index >= 15 is 0 Å². The molecule has 0 aliphatic carbocycles. The van der Waals surface area contributed by atoms with Crippen molar-refractivity contribution >= 4 is 29.1 Å². The van der Waals surface area contributed by atoms with Gasteiger partial charge in [0.25, 0.3) is 11.8 Å². The first-order chi connectivity index (χ1) is 13.6. The summed E-state index contributed by atoms with van der Waals surface area (Å²) in [5.41, 5.74) is 2.22. The number of nitrogens with one attached hydrogen (secondary N) is 2. The summed E-state index contributed by atoms with van der Waals surface area (Å²) in [6.07, 6.45) is 0. The molecule has 0 aliphatic rings. The lowest BCUT2D eigenvalue weighted by Crippen LogP contribution is -2.24. The van der Waals surface area contributed by atoms with Crippen molar-refractivity contribution in [1.82, 2.24) is 5.32 Å². The van der Waals surface area contributed by atoms with E-state index in [0.717, 1.165) is 11.3 Å². The summed E-state index contributed by atoms with van der Waals surface area (Å²) in [4.78, 5) is 25.1. The second kappa shape index (κ2) is 9.06. The normalized spacial score (nSPS) is 10.2. The Labute approximate surface area is 168 Å². The Kier molecular flexibility index (Phi) is 6.29. The molecule has 0 unspecified atom stereocenters. The van der Waals surface area contributed by atoms with E-state index in [1.165, 1.54) is 0 Å². The van der Waals surface area contributed by atoms with Crippen molar-refractivity contribution < 1.29 is 14.3 Å². The van der Waals surface area contributed by atoms with Crippen molar-refractivity contribution in [2.24, 2.45) is 0 Å². The number of carbonyl (C=O) groups excluding carboxylic acids is 2.